The van der Waals surface area contributed by atoms with Crippen molar-refractivity contribution < 1.29 is 0 Å². The molecule has 16 heavy (non-hydrogen) atoms. The van der Waals surface area contributed by atoms with Crippen LogP contribution in [0.4, 0.5) is 0 Å². The first-order chi connectivity index (χ1) is 7.56. The summed E-state index contributed by atoms with van der Waals surface area (Å²) in [5, 5.41) is 3.35. The lowest BCUT2D eigenvalue weighted by molar-refractivity contribution is 0.220. The van der Waals surface area contributed by atoms with Crippen LogP contribution in [0.5, 0.6) is 0 Å². The van der Waals surface area contributed by atoms with E-state index in [1.54, 1.807) is 0 Å². The molecule has 3 heteroatoms. The van der Waals surface area contributed by atoms with Crippen molar-refractivity contribution in [2.24, 2.45) is 5.92 Å². The summed E-state index contributed by atoms with van der Waals surface area (Å²) in [5.41, 5.74) is 0. The van der Waals surface area contributed by atoms with Crippen LogP contribution < -0.4 is 5.32 Å². The lowest BCUT2D eigenvalue weighted by atomic mass is 10.2. The zero-order valence-electron chi connectivity index (χ0n) is 11.5. The van der Waals surface area contributed by atoms with Crippen molar-refractivity contribution in [2.75, 3.05) is 53.4 Å². The summed E-state index contributed by atoms with van der Waals surface area (Å²) in [5.74, 6) is 0.738. The van der Waals surface area contributed by atoms with Crippen LogP contribution in [-0.4, -0.2) is 63.2 Å². The molecule has 0 saturated heterocycles. The normalized spacial score (nSPS) is 11.7. The maximum Gasteiger partial charge on any atom is 0.0132 e. The average Bonchev–Trinajstić information content (AvgIpc) is 2.19. The second-order valence-electron chi connectivity index (χ2n) is 4.99. The van der Waals surface area contributed by atoms with Gasteiger partial charge < -0.3 is 15.1 Å². The van der Waals surface area contributed by atoms with Crippen molar-refractivity contribution in [3.8, 4) is 0 Å². The molecule has 0 aromatic carbocycles. The summed E-state index contributed by atoms with van der Waals surface area (Å²) < 4.78 is 0. The highest BCUT2D eigenvalue weighted by Crippen LogP contribution is 1.98. The molecule has 0 bridgehead atoms. The minimum Gasteiger partial charge on any atom is -0.312 e. The standard InChI is InChI=1S/C13H29N3/c1-6-7-14-8-9-16(12-13(2)3)11-10-15(4)5/h6,13-14H,1,7-12H2,2-5H3. The van der Waals surface area contributed by atoms with Crippen LogP contribution in [0.2, 0.25) is 0 Å². The van der Waals surface area contributed by atoms with Crippen molar-refractivity contribution in [1.29, 1.82) is 0 Å². The maximum atomic E-state index is 3.70. The third kappa shape index (κ3) is 10.1. The number of rotatable bonds is 10. The Morgan fingerprint density at radius 3 is 2.38 bits per heavy atom. The van der Waals surface area contributed by atoms with Gasteiger partial charge in [0.15, 0.2) is 0 Å². The van der Waals surface area contributed by atoms with Crippen LogP contribution >= 0.6 is 0 Å². The van der Waals surface area contributed by atoms with Crippen LogP contribution in [0.3, 0.4) is 0 Å². The summed E-state index contributed by atoms with van der Waals surface area (Å²) >= 11 is 0. The van der Waals surface area contributed by atoms with Gasteiger partial charge in [-0.15, -0.1) is 6.58 Å². The molecule has 0 heterocycles. The summed E-state index contributed by atoms with van der Waals surface area (Å²) in [4.78, 5) is 4.77. The zero-order valence-corrected chi connectivity index (χ0v) is 11.5. The Morgan fingerprint density at radius 2 is 1.88 bits per heavy atom. The molecule has 0 aromatic heterocycles. The minimum atomic E-state index is 0.738. The highest BCUT2D eigenvalue weighted by molar-refractivity contribution is 4.71. The van der Waals surface area contributed by atoms with Gasteiger partial charge in [0.05, 0.1) is 0 Å². The van der Waals surface area contributed by atoms with Crippen LogP contribution in [0, 0.1) is 5.92 Å². The lowest BCUT2D eigenvalue weighted by Gasteiger charge is -2.25. The van der Waals surface area contributed by atoms with E-state index in [9.17, 15) is 0 Å². The van der Waals surface area contributed by atoms with E-state index >= 15 is 0 Å². The molecular weight excluding hydrogens is 198 g/mol. The molecule has 0 spiro atoms. The molecule has 0 aliphatic heterocycles. The van der Waals surface area contributed by atoms with Gasteiger partial charge in [-0.25, -0.2) is 0 Å². The Morgan fingerprint density at radius 1 is 1.19 bits per heavy atom. The van der Waals surface area contributed by atoms with Gasteiger partial charge in [-0.2, -0.15) is 0 Å². The van der Waals surface area contributed by atoms with Crippen molar-refractivity contribution in [1.82, 2.24) is 15.1 Å². The van der Waals surface area contributed by atoms with Crippen molar-refractivity contribution in [3.63, 3.8) is 0 Å². The van der Waals surface area contributed by atoms with E-state index in [4.69, 9.17) is 0 Å². The summed E-state index contributed by atoms with van der Waals surface area (Å²) in [6.45, 7) is 14.8. The van der Waals surface area contributed by atoms with Crippen LogP contribution in [-0.2, 0) is 0 Å². The van der Waals surface area contributed by atoms with Gasteiger partial charge in [-0.3, -0.25) is 0 Å². The van der Waals surface area contributed by atoms with Gasteiger partial charge in [0.1, 0.15) is 0 Å². The summed E-state index contributed by atoms with van der Waals surface area (Å²) in [7, 11) is 4.26. The van der Waals surface area contributed by atoms with Gasteiger partial charge in [0.25, 0.3) is 0 Å². The first-order valence-corrected chi connectivity index (χ1v) is 6.25. The van der Waals surface area contributed by atoms with E-state index in [0.717, 1.165) is 38.6 Å². The van der Waals surface area contributed by atoms with Gasteiger partial charge >= 0.3 is 0 Å². The largest absolute Gasteiger partial charge is 0.312 e. The summed E-state index contributed by atoms with van der Waals surface area (Å²) in [6, 6.07) is 0. The molecule has 3 nitrogen and oxygen atoms in total. The maximum absolute atomic E-state index is 3.70. The van der Waals surface area contributed by atoms with Crippen molar-refractivity contribution >= 4 is 0 Å². The molecule has 0 fully saturated rings. The Kier molecular flexibility index (Phi) is 9.59. The Bertz CT molecular complexity index is 167. The highest BCUT2D eigenvalue weighted by Gasteiger charge is 2.06. The molecule has 0 unspecified atom stereocenters. The molecule has 0 aliphatic carbocycles. The fourth-order valence-corrected chi connectivity index (χ4v) is 1.59. The number of hydrogen-bond acceptors (Lipinski definition) is 3. The zero-order chi connectivity index (χ0) is 12.4. The van der Waals surface area contributed by atoms with E-state index in [1.807, 2.05) is 6.08 Å². The lowest BCUT2D eigenvalue weighted by Crippen LogP contribution is -2.38. The monoisotopic (exact) mass is 227 g/mol. The Balaban J connectivity index is 3.76. The van der Waals surface area contributed by atoms with E-state index in [0.29, 0.717) is 0 Å². The van der Waals surface area contributed by atoms with Crippen LogP contribution in [0.25, 0.3) is 0 Å². The fourth-order valence-electron chi connectivity index (χ4n) is 1.59. The Hall–Kier alpha value is -0.380. The quantitative estimate of drug-likeness (QED) is 0.448. The van der Waals surface area contributed by atoms with Gasteiger partial charge in [0, 0.05) is 39.3 Å². The third-order valence-electron chi connectivity index (χ3n) is 2.38. The first-order valence-electron chi connectivity index (χ1n) is 6.25. The van der Waals surface area contributed by atoms with E-state index in [-0.39, 0.29) is 0 Å². The van der Waals surface area contributed by atoms with Crippen LogP contribution in [0.15, 0.2) is 12.7 Å². The molecule has 0 radical (unpaired) electrons. The number of hydrogen-bond donors (Lipinski definition) is 1. The number of nitrogens with zero attached hydrogens (tertiary/aromatic N) is 2. The predicted molar refractivity (Wildman–Crippen MR) is 72.9 cm³/mol. The molecule has 0 amide bonds. The molecule has 0 aliphatic rings. The van der Waals surface area contributed by atoms with Crippen LogP contribution in [0.1, 0.15) is 13.8 Å². The third-order valence-corrected chi connectivity index (χ3v) is 2.38. The molecule has 96 valence electrons. The topological polar surface area (TPSA) is 18.5 Å². The van der Waals surface area contributed by atoms with Crippen molar-refractivity contribution in [3.05, 3.63) is 12.7 Å². The molecule has 1 N–H and O–H groups in total. The minimum absolute atomic E-state index is 0.738. The summed E-state index contributed by atoms with van der Waals surface area (Å²) in [6.07, 6.45) is 1.91. The predicted octanol–water partition coefficient (Wildman–Crippen LogP) is 1.28. The fraction of sp³-hybridized carbons (Fsp3) is 0.846. The van der Waals surface area contributed by atoms with Gasteiger partial charge in [-0.05, 0) is 20.0 Å². The molecule has 0 aromatic rings. The van der Waals surface area contributed by atoms with Crippen molar-refractivity contribution in [2.45, 2.75) is 13.8 Å². The average molecular weight is 227 g/mol. The van der Waals surface area contributed by atoms with Gasteiger partial charge in [0.2, 0.25) is 0 Å². The SMILES string of the molecule is C=CCNCCN(CCN(C)C)CC(C)C. The number of likely N-dealkylation sites (N-methyl/N-ethyl adjacent to an activating group) is 1. The Labute approximate surface area is 101 Å². The molecule has 0 atom stereocenters. The van der Waals surface area contributed by atoms with Gasteiger partial charge in [-0.1, -0.05) is 19.9 Å². The molecule has 0 rings (SSSR count). The number of nitrogens with one attached hydrogen (secondary N) is 1. The smallest absolute Gasteiger partial charge is 0.0132 e. The van der Waals surface area contributed by atoms with E-state index in [2.05, 4.69) is 49.6 Å². The molecular formula is C13H29N3. The van der Waals surface area contributed by atoms with E-state index in [1.165, 1.54) is 6.54 Å². The second-order valence-corrected chi connectivity index (χ2v) is 4.99. The first kappa shape index (κ1) is 15.6. The second kappa shape index (κ2) is 9.82. The highest BCUT2D eigenvalue weighted by atomic mass is 15.2. The van der Waals surface area contributed by atoms with E-state index < -0.39 is 0 Å². The molecule has 0 saturated carbocycles.